The summed E-state index contributed by atoms with van der Waals surface area (Å²) in [5.41, 5.74) is 1.35. The molecule has 1 unspecified atom stereocenters. The highest BCUT2D eigenvalue weighted by atomic mass is 32.1. The number of hydrogen-bond acceptors (Lipinski definition) is 2. The Balaban J connectivity index is 2.06. The highest BCUT2D eigenvalue weighted by Gasteiger charge is 2.05. The molecule has 1 atom stereocenters. The predicted molar refractivity (Wildman–Crippen MR) is 74.7 cm³/mol. The molecule has 0 radical (unpaired) electrons. The van der Waals surface area contributed by atoms with Gasteiger partial charge in [0.1, 0.15) is 0 Å². The van der Waals surface area contributed by atoms with Crippen molar-refractivity contribution >= 4 is 11.3 Å². The lowest BCUT2D eigenvalue weighted by atomic mass is 10.2. The second-order valence-electron chi connectivity index (χ2n) is 4.35. The van der Waals surface area contributed by atoms with Crippen LogP contribution in [0.15, 0.2) is 30.6 Å². The first kappa shape index (κ1) is 12.4. The summed E-state index contributed by atoms with van der Waals surface area (Å²) >= 11 is 1.91. The van der Waals surface area contributed by atoms with Crippen LogP contribution in [-0.2, 0) is 13.0 Å². The first-order valence-electron chi connectivity index (χ1n) is 6.13. The molecule has 0 aliphatic rings. The molecule has 0 aliphatic heterocycles. The Kier molecular flexibility index (Phi) is 4.02. The van der Waals surface area contributed by atoms with Gasteiger partial charge < -0.3 is 9.88 Å². The van der Waals surface area contributed by atoms with E-state index in [0.717, 1.165) is 13.0 Å². The molecule has 0 saturated carbocycles. The smallest absolute Gasteiger partial charge is 0.0563 e. The molecule has 2 aromatic rings. The van der Waals surface area contributed by atoms with Crippen molar-refractivity contribution in [2.24, 2.45) is 0 Å². The van der Waals surface area contributed by atoms with Crippen LogP contribution in [0.4, 0.5) is 0 Å². The summed E-state index contributed by atoms with van der Waals surface area (Å²) in [6.07, 6.45) is 5.53. The van der Waals surface area contributed by atoms with E-state index in [9.17, 15) is 0 Å². The Morgan fingerprint density at radius 3 is 2.71 bits per heavy atom. The van der Waals surface area contributed by atoms with Crippen LogP contribution in [0.25, 0.3) is 0 Å². The SMILES string of the molecule is CCc1ccc(Cn2ccc(C(C)NC)c2)s1. The van der Waals surface area contributed by atoms with Gasteiger partial charge in [0, 0.05) is 28.2 Å². The molecule has 0 fully saturated rings. The predicted octanol–water partition coefficient (Wildman–Crippen LogP) is 3.44. The quantitative estimate of drug-likeness (QED) is 0.857. The monoisotopic (exact) mass is 248 g/mol. The standard InChI is InChI=1S/C14H20N2S/c1-4-13-5-6-14(17-13)10-16-8-7-12(9-16)11(2)15-3/h5-9,11,15H,4,10H2,1-3H3. The van der Waals surface area contributed by atoms with Crippen molar-refractivity contribution in [3.8, 4) is 0 Å². The second kappa shape index (κ2) is 5.52. The van der Waals surface area contributed by atoms with Gasteiger partial charge in [-0.2, -0.15) is 0 Å². The van der Waals surface area contributed by atoms with Gasteiger partial charge in [0.25, 0.3) is 0 Å². The fourth-order valence-corrected chi connectivity index (χ4v) is 2.82. The van der Waals surface area contributed by atoms with Gasteiger partial charge in [-0.1, -0.05) is 6.92 Å². The van der Waals surface area contributed by atoms with Crippen molar-refractivity contribution in [1.29, 1.82) is 0 Å². The van der Waals surface area contributed by atoms with Crippen LogP contribution < -0.4 is 5.32 Å². The first-order valence-corrected chi connectivity index (χ1v) is 6.95. The number of nitrogens with one attached hydrogen (secondary N) is 1. The topological polar surface area (TPSA) is 17.0 Å². The Bertz CT molecular complexity index is 470. The molecule has 0 aromatic carbocycles. The van der Waals surface area contributed by atoms with Gasteiger partial charge in [-0.05, 0) is 44.2 Å². The largest absolute Gasteiger partial charge is 0.349 e. The van der Waals surface area contributed by atoms with Gasteiger partial charge in [0.05, 0.1) is 6.54 Å². The van der Waals surface area contributed by atoms with Crippen LogP contribution in [-0.4, -0.2) is 11.6 Å². The number of aromatic nitrogens is 1. The third kappa shape index (κ3) is 2.99. The first-order chi connectivity index (χ1) is 8.22. The van der Waals surface area contributed by atoms with Crippen LogP contribution >= 0.6 is 11.3 Å². The minimum Gasteiger partial charge on any atom is -0.349 e. The zero-order valence-electron chi connectivity index (χ0n) is 10.7. The summed E-state index contributed by atoms with van der Waals surface area (Å²) in [6, 6.07) is 7.09. The molecule has 17 heavy (non-hydrogen) atoms. The number of aryl methyl sites for hydroxylation is 1. The van der Waals surface area contributed by atoms with Crippen LogP contribution in [0.5, 0.6) is 0 Å². The second-order valence-corrected chi connectivity index (χ2v) is 5.60. The Hall–Kier alpha value is -1.06. The van der Waals surface area contributed by atoms with Crippen LogP contribution in [0.2, 0.25) is 0 Å². The lowest BCUT2D eigenvalue weighted by Gasteiger charge is -2.06. The number of thiophene rings is 1. The summed E-state index contributed by atoms with van der Waals surface area (Å²) in [5, 5.41) is 3.26. The van der Waals surface area contributed by atoms with Crippen LogP contribution in [0.3, 0.4) is 0 Å². The maximum atomic E-state index is 3.26. The minimum absolute atomic E-state index is 0.422. The van der Waals surface area contributed by atoms with Gasteiger partial charge in [0.2, 0.25) is 0 Å². The highest BCUT2D eigenvalue weighted by molar-refractivity contribution is 7.11. The fraction of sp³-hybridized carbons (Fsp3) is 0.429. The molecule has 3 heteroatoms. The molecule has 2 rings (SSSR count). The third-order valence-corrected chi connectivity index (χ3v) is 4.32. The van der Waals surface area contributed by atoms with Crippen molar-refractivity contribution in [3.05, 3.63) is 45.9 Å². The molecule has 0 bridgehead atoms. The van der Waals surface area contributed by atoms with Crippen molar-refractivity contribution < 1.29 is 0 Å². The molecule has 1 N–H and O–H groups in total. The maximum Gasteiger partial charge on any atom is 0.0563 e. The van der Waals surface area contributed by atoms with Crippen molar-refractivity contribution in [3.63, 3.8) is 0 Å². The lowest BCUT2D eigenvalue weighted by molar-refractivity contribution is 0.649. The number of rotatable bonds is 5. The Morgan fingerprint density at radius 2 is 2.06 bits per heavy atom. The van der Waals surface area contributed by atoms with Gasteiger partial charge in [-0.3, -0.25) is 0 Å². The molecule has 0 saturated heterocycles. The van der Waals surface area contributed by atoms with E-state index in [1.807, 2.05) is 18.4 Å². The zero-order valence-corrected chi connectivity index (χ0v) is 11.6. The van der Waals surface area contributed by atoms with E-state index < -0.39 is 0 Å². The van der Waals surface area contributed by atoms with E-state index >= 15 is 0 Å². The maximum absolute atomic E-state index is 3.26. The van der Waals surface area contributed by atoms with Gasteiger partial charge in [0.15, 0.2) is 0 Å². The summed E-state index contributed by atoms with van der Waals surface area (Å²) in [6.45, 7) is 5.37. The average Bonchev–Trinajstić information content (AvgIpc) is 2.97. The summed E-state index contributed by atoms with van der Waals surface area (Å²) in [4.78, 5) is 2.90. The van der Waals surface area contributed by atoms with Gasteiger partial charge in [-0.25, -0.2) is 0 Å². The van der Waals surface area contributed by atoms with E-state index in [-0.39, 0.29) is 0 Å². The third-order valence-electron chi connectivity index (χ3n) is 3.11. The van der Waals surface area contributed by atoms with Crippen molar-refractivity contribution in [2.75, 3.05) is 7.05 Å². The van der Waals surface area contributed by atoms with E-state index in [2.05, 4.69) is 54.3 Å². The average molecular weight is 248 g/mol. The molecule has 2 heterocycles. The van der Waals surface area contributed by atoms with E-state index in [1.54, 1.807) is 0 Å². The fourth-order valence-electron chi connectivity index (χ4n) is 1.86. The van der Waals surface area contributed by atoms with Gasteiger partial charge in [-0.15, -0.1) is 11.3 Å². The molecule has 92 valence electrons. The molecule has 0 aliphatic carbocycles. The molecule has 2 nitrogen and oxygen atoms in total. The minimum atomic E-state index is 0.422. The summed E-state index contributed by atoms with van der Waals surface area (Å²) < 4.78 is 2.26. The highest BCUT2D eigenvalue weighted by Crippen LogP contribution is 2.19. The molecular formula is C14H20N2S. The van der Waals surface area contributed by atoms with Gasteiger partial charge >= 0.3 is 0 Å². The van der Waals surface area contributed by atoms with Crippen molar-refractivity contribution in [2.45, 2.75) is 32.9 Å². The molecule has 0 amide bonds. The van der Waals surface area contributed by atoms with Crippen molar-refractivity contribution in [1.82, 2.24) is 9.88 Å². The van der Waals surface area contributed by atoms with E-state index in [0.29, 0.717) is 6.04 Å². The Morgan fingerprint density at radius 1 is 1.29 bits per heavy atom. The molecule has 2 aromatic heterocycles. The van der Waals surface area contributed by atoms with E-state index in [1.165, 1.54) is 15.3 Å². The zero-order chi connectivity index (χ0) is 12.3. The molecular weight excluding hydrogens is 228 g/mol. The molecule has 0 spiro atoms. The summed E-state index contributed by atoms with van der Waals surface area (Å²) in [5.74, 6) is 0. The number of nitrogens with zero attached hydrogens (tertiary/aromatic N) is 1. The summed E-state index contributed by atoms with van der Waals surface area (Å²) in [7, 11) is 1.99. The van der Waals surface area contributed by atoms with Crippen LogP contribution in [0, 0.1) is 0 Å². The lowest BCUT2D eigenvalue weighted by Crippen LogP contribution is -2.11. The van der Waals surface area contributed by atoms with E-state index in [4.69, 9.17) is 0 Å². The normalized spacial score (nSPS) is 12.9. The number of hydrogen-bond donors (Lipinski definition) is 1. The Labute approximate surface area is 107 Å². The van der Waals surface area contributed by atoms with Crippen LogP contribution in [0.1, 0.15) is 35.2 Å².